The third-order valence-corrected chi connectivity index (χ3v) is 7.38. The van der Waals surface area contributed by atoms with Gasteiger partial charge in [0.15, 0.2) is 0 Å². The molecule has 36 heavy (non-hydrogen) atoms. The average Bonchev–Trinajstić information content (AvgIpc) is 2.87. The van der Waals surface area contributed by atoms with Crippen molar-refractivity contribution in [2.75, 3.05) is 40.0 Å². The van der Waals surface area contributed by atoms with E-state index in [9.17, 15) is 13.9 Å². The van der Waals surface area contributed by atoms with Gasteiger partial charge in [-0.15, -0.1) is 0 Å². The van der Waals surface area contributed by atoms with Crippen LogP contribution in [0, 0.1) is 17.0 Å². The third-order valence-electron chi connectivity index (χ3n) is 7.07. The highest BCUT2D eigenvalue weighted by molar-refractivity contribution is 6.32. The minimum Gasteiger partial charge on any atom is -0.497 e. The van der Waals surface area contributed by atoms with Gasteiger partial charge < -0.3 is 14.6 Å². The number of nitrogens with zero attached hydrogens (tertiary/aromatic N) is 2. The molecule has 1 aromatic heterocycles. The van der Waals surface area contributed by atoms with Crippen LogP contribution in [0.5, 0.6) is 11.5 Å². The Bertz CT molecular complexity index is 1170. The Morgan fingerprint density at radius 3 is 2.50 bits per heavy atom. The van der Waals surface area contributed by atoms with Crippen LogP contribution in [0.2, 0.25) is 5.02 Å². The number of hydrogen-bond donors (Lipinski definition) is 1. The summed E-state index contributed by atoms with van der Waals surface area (Å²) in [4.78, 5) is 6.47. The number of pyridine rings is 1. The third kappa shape index (κ3) is 6.22. The fourth-order valence-electron chi connectivity index (χ4n) is 4.83. The predicted molar refractivity (Wildman–Crippen MR) is 133 cm³/mol. The molecular formula is C27H30ClF3N2O3. The summed E-state index contributed by atoms with van der Waals surface area (Å²) in [5, 5.41) is 11.1. The van der Waals surface area contributed by atoms with Crippen LogP contribution in [0.15, 0.2) is 42.6 Å². The molecule has 194 valence electrons. The highest BCUT2D eigenvalue weighted by Crippen LogP contribution is 2.41. The monoisotopic (exact) mass is 522 g/mol. The second kappa shape index (κ2) is 11.7. The van der Waals surface area contributed by atoms with Crippen molar-refractivity contribution in [3.63, 3.8) is 0 Å². The molecule has 0 unspecified atom stereocenters. The van der Waals surface area contributed by atoms with E-state index in [1.54, 1.807) is 25.3 Å². The molecule has 0 saturated carbocycles. The Morgan fingerprint density at radius 1 is 1.11 bits per heavy atom. The van der Waals surface area contributed by atoms with E-state index >= 15 is 4.39 Å². The lowest BCUT2D eigenvalue weighted by atomic mass is 9.74. The van der Waals surface area contributed by atoms with Crippen molar-refractivity contribution in [1.29, 1.82) is 0 Å². The molecule has 1 saturated heterocycles. The van der Waals surface area contributed by atoms with Gasteiger partial charge in [-0.05, 0) is 62.4 Å². The van der Waals surface area contributed by atoms with Crippen molar-refractivity contribution in [3.8, 4) is 11.5 Å². The quantitative estimate of drug-likeness (QED) is 0.348. The lowest BCUT2D eigenvalue weighted by molar-refractivity contribution is 0.0266. The number of aromatic nitrogens is 1. The summed E-state index contributed by atoms with van der Waals surface area (Å²) in [5.41, 5.74) is 0.670. The van der Waals surface area contributed by atoms with Crippen LogP contribution in [0.4, 0.5) is 13.2 Å². The summed E-state index contributed by atoms with van der Waals surface area (Å²) in [6.45, 7) is 2.29. The average molecular weight is 523 g/mol. The van der Waals surface area contributed by atoms with Gasteiger partial charge in [-0.3, -0.25) is 9.88 Å². The number of hydrogen-bond acceptors (Lipinski definition) is 5. The summed E-state index contributed by atoms with van der Waals surface area (Å²) in [5.74, 6) is -0.599. The van der Waals surface area contributed by atoms with Gasteiger partial charge in [0.2, 0.25) is 0 Å². The molecule has 9 heteroatoms. The van der Waals surface area contributed by atoms with Crippen LogP contribution in [0.1, 0.15) is 37.4 Å². The van der Waals surface area contributed by atoms with Crippen molar-refractivity contribution in [2.45, 2.75) is 31.9 Å². The number of alkyl halides is 1. The fourth-order valence-corrected chi connectivity index (χ4v) is 5.10. The number of halogens is 4. The van der Waals surface area contributed by atoms with E-state index in [2.05, 4.69) is 9.88 Å². The molecule has 4 rings (SSSR count). The van der Waals surface area contributed by atoms with Crippen molar-refractivity contribution in [3.05, 3.63) is 64.8 Å². The standard InChI is InChI=1S/C27H30ClF3N2O3/c1-35-20-2-3-25-22(15-20)26(23(28)16-32-25)24(31)4-5-27(17-34)6-8-33(9-7-27)10-11-36-21-13-18(29)12-19(30)14-21/h2-3,12-16,24,34H,4-11,17H2,1H3/t24-/m1/s1. The largest absolute Gasteiger partial charge is 0.497 e. The minimum absolute atomic E-state index is 0.0225. The fraction of sp³-hybridized carbons (Fsp3) is 0.444. The molecule has 1 aliphatic rings. The highest BCUT2D eigenvalue weighted by Gasteiger charge is 2.35. The maximum Gasteiger partial charge on any atom is 0.129 e. The summed E-state index contributed by atoms with van der Waals surface area (Å²) in [6.07, 6.45) is 2.33. The molecule has 1 atom stereocenters. The lowest BCUT2D eigenvalue weighted by Gasteiger charge is -2.41. The summed E-state index contributed by atoms with van der Waals surface area (Å²) >= 11 is 6.36. The molecule has 0 spiro atoms. The number of fused-ring (bicyclic) bond motifs is 1. The molecule has 2 heterocycles. The van der Waals surface area contributed by atoms with Crippen LogP contribution in [0.3, 0.4) is 0 Å². The molecule has 1 N–H and O–H groups in total. The maximum absolute atomic E-state index is 15.6. The number of benzene rings is 2. The Morgan fingerprint density at radius 2 is 1.83 bits per heavy atom. The molecule has 1 aliphatic heterocycles. The summed E-state index contributed by atoms with van der Waals surface area (Å²) < 4.78 is 53.0. The van der Waals surface area contributed by atoms with Gasteiger partial charge in [0.05, 0.1) is 17.6 Å². The number of likely N-dealkylation sites (tertiary alicyclic amines) is 1. The molecule has 0 bridgehead atoms. The van der Waals surface area contributed by atoms with Gasteiger partial charge in [-0.2, -0.15) is 0 Å². The number of aliphatic hydroxyl groups is 1. The van der Waals surface area contributed by atoms with Gasteiger partial charge in [-0.1, -0.05) is 11.6 Å². The van der Waals surface area contributed by atoms with Crippen LogP contribution < -0.4 is 9.47 Å². The van der Waals surface area contributed by atoms with E-state index in [4.69, 9.17) is 21.1 Å². The predicted octanol–water partition coefficient (Wildman–Crippen LogP) is 6.12. The first kappa shape index (κ1) is 26.5. The number of ether oxygens (including phenoxy) is 2. The van der Waals surface area contributed by atoms with Crippen LogP contribution >= 0.6 is 11.6 Å². The molecule has 3 aromatic rings. The van der Waals surface area contributed by atoms with E-state index in [1.807, 2.05) is 0 Å². The van der Waals surface area contributed by atoms with Gasteiger partial charge in [0.25, 0.3) is 0 Å². The first-order valence-electron chi connectivity index (χ1n) is 12.0. The normalized spacial score (nSPS) is 16.7. The first-order valence-corrected chi connectivity index (χ1v) is 12.4. The van der Waals surface area contributed by atoms with Crippen LogP contribution in [-0.2, 0) is 0 Å². The SMILES string of the molecule is COc1ccc2ncc(Cl)c([C@H](F)CCC3(CO)CCN(CCOc4cc(F)cc(F)c4)CC3)c2c1. The number of piperidine rings is 1. The topological polar surface area (TPSA) is 54.8 Å². The molecule has 2 aromatic carbocycles. The van der Waals surface area contributed by atoms with Gasteiger partial charge in [-0.25, -0.2) is 13.2 Å². The Balaban J connectivity index is 1.33. The molecule has 5 nitrogen and oxygen atoms in total. The summed E-state index contributed by atoms with van der Waals surface area (Å²) in [6, 6.07) is 8.40. The maximum atomic E-state index is 15.6. The van der Waals surface area contributed by atoms with Crippen molar-refractivity contribution < 1.29 is 27.8 Å². The highest BCUT2D eigenvalue weighted by atomic mass is 35.5. The first-order chi connectivity index (χ1) is 17.3. The van der Waals surface area contributed by atoms with E-state index < -0.39 is 17.8 Å². The second-order valence-electron chi connectivity index (χ2n) is 9.36. The van der Waals surface area contributed by atoms with Crippen LogP contribution in [0.25, 0.3) is 10.9 Å². The molecule has 0 radical (unpaired) electrons. The lowest BCUT2D eigenvalue weighted by Crippen LogP contribution is -2.43. The zero-order chi connectivity index (χ0) is 25.7. The van der Waals surface area contributed by atoms with E-state index in [1.165, 1.54) is 6.20 Å². The van der Waals surface area contributed by atoms with Crippen molar-refractivity contribution in [1.82, 2.24) is 9.88 Å². The van der Waals surface area contributed by atoms with Gasteiger partial charge >= 0.3 is 0 Å². The Labute approximate surface area is 213 Å². The molecular weight excluding hydrogens is 493 g/mol. The molecule has 0 aliphatic carbocycles. The van der Waals surface area contributed by atoms with E-state index in [0.717, 1.165) is 18.2 Å². The van der Waals surface area contributed by atoms with Crippen molar-refractivity contribution >= 4 is 22.5 Å². The number of methoxy groups -OCH3 is 1. The minimum atomic E-state index is -1.31. The molecule has 0 amide bonds. The van der Waals surface area contributed by atoms with Crippen LogP contribution in [-0.4, -0.2) is 54.9 Å². The Hall–Kier alpha value is -2.55. The van der Waals surface area contributed by atoms with E-state index in [-0.39, 0.29) is 29.2 Å². The summed E-state index contributed by atoms with van der Waals surface area (Å²) in [7, 11) is 1.55. The zero-order valence-corrected chi connectivity index (χ0v) is 20.9. The second-order valence-corrected chi connectivity index (χ2v) is 9.77. The zero-order valence-electron chi connectivity index (χ0n) is 20.2. The van der Waals surface area contributed by atoms with E-state index in [0.29, 0.717) is 67.7 Å². The smallest absolute Gasteiger partial charge is 0.129 e. The van der Waals surface area contributed by atoms with Crippen molar-refractivity contribution in [2.24, 2.45) is 5.41 Å². The number of rotatable bonds is 10. The Kier molecular flexibility index (Phi) is 8.59. The van der Waals surface area contributed by atoms with Gasteiger partial charge in [0, 0.05) is 48.5 Å². The number of aliphatic hydroxyl groups excluding tert-OH is 1. The molecule has 1 fully saturated rings. The van der Waals surface area contributed by atoms with Gasteiger partial charge in [0.1, 0.15) is 35.9 Å².